The molecule has 1 aliphatic rings. The topological polar surface area (TPSA) is 84.5 Å². The summed E-state index contributed by atoms with van der Waals surface area (Å²) in [5, 5.41) is 5.63. The number of carbonyl (C=O) groups is 3. The third-order valence-electron chi connectivity index (χ3n) is 5.25. The van der Waals surface area contributed by atoms with Gasteiger partial charge in [0.15, 0.2) is 5.78 Å². The van der Waals surface area contributed by atoms with Gasteiger partial charge in [-0.15, -0.1) is 0 Å². The molecule has 0 aromatic heterocycles. The van der Waals surface area contributed by atoms with E-state index in [0.717, 1.165) is 5.56 Å². The van der Waals surface area contributed by atoms with Crippen molar-refractivity contribution in [2.45, 2.75) is 71.6 Å². The van der Waals surface area contributed by atoms with E-state index in [0.29, 0.717) is 12.0 Å². The first-order chi connectivity index (χ1) is 13.9. The Hall–Kier alpha value is -2.63. The van der Waals surface area contributed by atoms with Gasteiger partial charge in [0.05, 0.1) is 0 Å². The predicted molar refractivity (Wildman–Crippen MR) is 117 cm³/mol. The van der Waals surface area contributed by atoms with Crippen LogP contribution in [-0.4, -0.2) is 35.0 Å². The van der Waals surface area contributed by atoms with Gasteiger partial charge in [0.1, 0.15) is 17.2 Å². The lowest BCUT2D eigenvalue weighted by molar-refractivity contribution is -0.128. The molecule has 1 saturated carbocycles. The molecular weight excluding hydrogens is 380 g/mol. The highest BCUT2D eigenvalue weighted by Gasteiger charge is 2.61. The highest BCUT2D eigenvalue weighted by atomic mass is 16.6. The van der Waals surface area contributed by atoms with Gasteiger partial charge in [-0.2, -0.15) is 0 Å². The Bertz CT molecular complexity index is 810. The average molecular weight is 415 g/mol. The minimum Gasteiger partial charge on any atom is -0.444 e. The lowest BCUT2D eigenvalue weighted by Crippen LogP contribution is -2.55. The smallest absolute Gasteiger partial charge is 0.408 e. The van der Waals surface area contributed by atoms with Gasteiger partial charge < -0.3 is 15.4 Å². The van der Waals surface area contributed by atoms with Crippen LogP contribution in [0.4, 0.5) is 4.79 Å². The maximum atomic E-state index is 13.2. The molecule has 6 heteroatoms. The van der Waals surface area contributed by atoms with E-state index in [1.54, 1.807) is 27.7 Å². The summed E-state index contributed by atoms with van der Waals surface area (Å²) >= 11 is 0. The third kappa shape index (κ3) is 5.94. The monoisotopic (exact) mass is 414 g/mol. The van der Waals surface area contributed by atoms with Crippen LogP contribution in [0.15, 0.2) is 42.5 Å². The number of benzene rings is 1. The van der Waals surface area contributed by atoms with Crippen LogP contribution in [0.2, 0.25) is 0 Å². The fourth-order valence-electron chi connectivity index (χ4n) is 3.75. The fourth-order valence-corrected chi connectivity index (χ4v) is 3.75. The molecule has 1 fully saturated rings. The number of alkyl carbamates (subject to hydrolysis) is 1. The quantitative estimate of drug-likeness (QED) is 0.634. The lowest BCUT2D eigenvalue weighted by atomic mass is 9.96. The first-order valence-corrected chi connectivity index (χ1v) is 10.4. The molecule has 0 saturated heterocycles. The van der Waals surface area contributed by atoms with Crippen molar-refractivity contribution >= 4 is 17.8 Å². The molecule has 2 amide bonds. The zero-order valence-electron chi connectivity index (χ0n) is 18.9. The number of rotatable bonds is 8. The molecule has 1 aromatic rings. The number of nitrogens with one attached hydrogen (secondary N) is 2. The van der Waals surface area contributed by atoms with Gasteiger partial charge in [0.25, 0.3) is 0 Å². The van der Waals surface area contributed by atoms with E-state index in [1.165, 1.54) is 0 Å². The molecule has 0 bridgehead atoms. The minimum absolute atomic E-state index is 0.0459. The lowest BCUT2D eigenvalue weighted by Gasteiger charge is -2.26. The van der Waals surface area contributed by atoms with Gasteiger partial charge >= 0.3 is 6.09 Å². The molecule has 1 aromatic carbocycles. The Morgan fingerprint density at radius 2 is 1.80 bits per heavy atom. The van der Waals surface area contributed by atoms with Gasteiger partial charge in [-0.1, -0.05) is 50.8 Å². The highest BCUT2D eigenvalue weighted by molar-refractivity contribution is 6.07. The van der Waals surface area contributed by atoms with Gasteiger partial charge in [-0.3, -0.25) is 9.59 Å². The number of hydrogen-bond donors (Lipinski definition) is 2. The Morgan fingerprint density at radius 1 is 1.20 bits per heavy atom. The van der Waals surface area contributed by atoms with Crippen LogP contribution in [-0.2, 0) is 20.7 Å². The summed E-state index contributed by atoms with van der Waals surface area (Å²) in [5.74, 6) is -0.266. The van der Waals surface area contributed by atoms with Crippen molar-refractivity contribution in [3.63, 3.8) is 0 Å². The Kier molecular flexibility index (Phi) is 7.11. The summed E-state index contributed by atoms with van der Waals surface area (Å²) in [7, 11) is 0. The largest absolute Gasteiger partial charge is 0.444 e. The molecule has 2 unspecified atom stereocenters. The molecule has 0 heterocycles. The number of Topliss-reactive ketones (excluding diaryl/α,β-unsaturated/α-hetero) is 1. The van der Waals surface area contributed by atoms with Gasteiger partial charge in [-0.05, 0) is 57.1 Å². The van der Waals surface area contributed by atoms with Gasteiger partial charge in [-0.25, -0.2) is 4.79 Å². The van der Waals surface area contributed by atoms with E-state index < -0.39 is 29.2 Å². The molecule has 1 aliphatic carbocycles. The van der Waals surface area contributed by atoms with Crippen molar-refractivity contribution in [3.8, 4) is 0 Å². The van der Waals surface area contributed by atoms with Crippen molar-refractivity contribution in [3.05, 3.63) is 48.0 Å². The van der Waals surface area contributed by atoms with Crippen molar-refractivity contribution in [1.29, 1.82) is 0 Å². The van der Waals surface area contributed by atoms with Crippen molar-refractivity contribution in [2.24, 2.45) is 11.8 Å². The molecule has 2 N–H and O–H groups in total. The van der Waals surface area contributed by atoms with Gasteiger partial charge in [0, 0.05) is 6.42 Å². The Morgan fingerprint density at radius 3 is 2.27 bits per heavy atom. The second kappa shape index (κ2) is 9.02. The Labute approximate surface area is 179 Å². The molecule has 0 aliphatic heterocycles. The van der Waals surface area contributed by atoms with Crippen molar-refractivity contribution in [1.82, 2.24) is 10.6 Å². The van der Waals surface area contributed by atoms with Crippen LogP contribution in [0.25, 0.3) is 0 Å². The SMILES string of the molecule is C=C(C)C(=O)C1(NC(=O)[C@H](Cc2ccccc2)NC(=O)OC(C)(C)C)CC1C(C)C. The maximum Gasteiger partial charge on any atom is 0.408 e. The summed E-state index contributed by atoms with van der Waals surface area (Å²) in [6.45, 7) is 14.8. The van der Waals surface area contributed by atoms with Crippen molar-refractivity contribution < 1.29 is 19.1 Å². The molecule has 3 atom stereocenters. The van der Waals surface area contributed by atoms with E-state index in [2.05, 4.69) is 17.2 Å². The van der Waals surface area contributed by atoms with Crippen molar-refractivity contribution in [2.75, 3.05) is 0 Å². The minimum atomic E-state index is -0.943. The summed E-state index contributed by atoms with van der Waals surface area (Å²) < 4.78 is 5.34. The maximum absolute atomic E-state index is 13.2. The molecular formula is C24H34N2O4. The molecule has 2 rings (SSSR count). The second-order valence-corrected chi connectivity index (χ2v) is 9.51. The van der Waals surface area contributed by atoms with Crippen LogP contribution in [0.3, 0.4) is 0 Å². The van der Waals surface area contributed by atoms with E-state index in [9.17, 15) is 14.4 Å². The molecule has 30 heavy (non-hydrogen) atoms. The van der Waals surface area contributed by atoms with Gasteiger partial charge in [0.2, 0.25) is 5.91 Å². The molecule has 0 spiro atoms. The van der Waals surface area contributed by atoms with E-state index in [1.807, 2.05) is 44.2 Å². The van der Waals surface area contributed by atoms with Crippen LogP contribution in [0, 0.1) is 11.8 Å². The van der Waals surface area contributed by atoms with E-state index >= 15 is 0 Å². The summed E-state index contributed by atoms with van der Waals surface area (Å²) in [5.41, 5.74) is -0.320. The van der Waals surface area contributed by atoms with Crippen LogP contribution >= 0.6 is 0 Å². The number of carbonyl (C=O) groups excluding carboxylic acids is 3. The predicted octanol–water partition coefficient (Wildman–Crippen LogP) is 3.80. The first kappa shape index (κ1) is 23.6. The zero-order valence-corrected chi connectivity index (χ0v) is 18.9. The number of amides is 2. The normalized spacial score (nSPS) is 21.5. The summed E-state index contributed by atoms with van der Waals surface area (Å²) in [6, 6.07) is 8.54. The number of hydrogen-bond acceptors (Lipinski definition) is 4. The summed E-state index contributed by atoms with van der Waals surface area (Å²) in [6.07, 6.45) is 0.192. The molecule has 0 radical (unpaired) electrons. The first-order valence-electron chi connectivity index (χ1n) is 10.4. The van der Waals surface area contributed by atoms with E-state index in [4.69, 9.17) is 4.74 Å². The van der Waals surface area contributed by atoms with Crippen LogP contribution in [0.1, 0.15) is 53.5 Å². The number of ether oxygens (including phenoxy) is 1. The fraction of sp³-hybridized carbons (Fsp3) is 0.542. The average Bonchev–Trinajstić information content (AvgIpc) is 3.35. The van der Waals surface area contributed by atoms with E-state index in [-0.39, 0.29) is 24.0 Å². The second-order valence-electron chi connectivity index (χ2n) is 9.51. The standard InChI is InChI=1S/C24H34N2O4/c1-15(2)18-14-24(18,20(27)16(3)4)26-21(28)19(13-17-11-9-8-10-12-17)25-22(29)30-23(5,6)7/h8-12,15,18-19H,3,13-14H2,1-2,4-7H3,(H,25,29)(H,26,28)/t18?,19-,24?/m0/s1. The molecule has 164 valence electrons. The highest BCUT2D eigenvalue weighted by Crippen LogP contribution is 2.50. The van der Waals surface area contributed by atoms with Crippen LogP contribution in [0.5, 0.6) is 0 Å². The molecule has 6 nitrogen and oxygen atoms in total. The summed E-state index contributed by atoms with van der Waals surface area (Å²) in [4.78, 5) is 38.4. The Balaban J connectivity index is 2.23. The number of ketones is 1. The third-order valence-corrected chi connectivity index (χ3v) is 5.25. The zero-order chi connectivity index (χ0) is 22.7. The van der Waals surface area contributed by atoms with Crippen LogP contribution < -0.4 is 10.6 Å².